The summed E-state index contributed by atoms with van der Waals surface area (Å²) < 4.78 is 46.2. The molecule has 1 atom stereocenters. The molecule has 1 unspecified atom stereocenters. The highest BCUT2D eigenvalue weighted by atomic mass is 19.4. The molecule has 1 rings (SSSR count). The summed E-state index contributed by atoms with van der Waals surface area (Å²) in [6, 6.07) is 0. The molecule has 0 spiro atoms. The molecule has 6 heteroatoms. The van der Waals surface area contributed by atoms with E-state index in [1.807, 2.05) is 6.92 Å². The Labute approximate surface area is 99.7 Å². The fourth-order valence-electron chi connectivity index (χ4n) is 1.99. The third-order valence-corrected chi connectivity index (χ3v) is 2.83. The molecule has 102 valence electrons. The van der Waals surface area contributed by atoms with Gasteiger partial charge in [-0.2, -0.15) is 13.2 Å². The average Bonchev–Trinajstić information content (AvgIpc) is 2.26. The fourth-order valence-corrected chi connectivity index (χ4v) is 1.99. The first-order valence-electron chi connectivity index (χ1n) is 5.90. The zero-order valence-corrected chi connectivity index (χ0v) is 10.1. The molecule has 17 heavy (non-hydrogen) atoms. The van der Waals surface area contributed by atoms with Gasteiger partial charge in [0.15, 0.2) is 0 Å². The standard InChI is InChI=1S/C11H20F3NO2/c1-2-15-6-10(4-3-5-16-7-10)8-17-9-11(12,13)14/h15H,2-9H2,1H3. The van der Waals surface area contributed by atoms with Crippen molar-refractivity contribution in [2.45, 2.75) is 25.9 Å². The van der Waals surface area contributed by atoms with Crippen LogP contribution >= 0.6 is 0 Å². The SMILES string of the molecule is CCNCC1(COCC(F)(F)F)CCCOC1. The van der Waals surface area contributed by atoms with Crippen LogP contribution in [0.15, 0.2) is 0 Å². The molecular formula is C11H20F3NO2. The summed E-state index contributed by atoms with van der Waals surface area (Å²) in [6.45, 7) is 3.47. The van der Waals surface area contributed by atoms with E-state index in [0.717, 1.165) is 19.4 Å². The molecule has 1 aliphatic heterocycles. The van der Waals surface area contributed by atoms with E-state index >= 15 is 0 Å². The van der Waals surface area contributed by atoms with Crippen LogP contribution in [-0.4, -0.2) is 45.7 Å². The minimum atomic E-state index is -4.26. The summed E-state index contributed by atoms with van der Waals surface area (Å²) in [5.74, 6) is 0. The van der Waals surface area contributed by atoms with Crippen LogP contribution in [-0.2, 0) is 9.47 Å². The summed E-state index contributed by atoms with van der Waals surface area (Å²) >= 11 is 0. The third kappa shape index (κ3) is 5.70. The minimum Gasteiger partial charge on any atom is -0.381 e. The molecule has 0 amide bonds. The van der Waals surface area contributed by atoms with Crippen molar-refractivity contribution in [3.8, 4) is 0 Å². The van der Waals surface area contributed by atoms with E-state index < -0.39 is 12.8 Å². The lowest BCUT2D eigenvalue weighted by molar-refractivity contribution is -0.185. The zero-order valence-electron chi connectivity index (χ0n) is 10.1. The molecule has 1 aliphatic rings. The molecule has 1 N–H and O–H groups in total. The van der Waals surface area contributed by atoms with Crippen molar-refractivity contribution in [3.05, 3.63) is 0 Å². The minimum absolute atomic E-state index is 0.0967. The second-order valence-electron chi connectivity index (χ2n) is 4.54. The van der Waals surface area contributed by atoms with Crippen LogP contribution in [0, 0.1) is 5.41 Å². The smallest absolute Gasteiger partial charge is 0.381 e. The van der Waals surface area contributed by atoms with Crippen LogP contribution in [0.4, 0.5) is 13.2 Å². The molecule has 1 fully saturated rings. The Hall–Kier alpha value is -0.330. The molecule has 0 aliphatic carbocycles. The van der Waals surface area contributed by atoms with E-state index in [2.05, 4.69) is 5.32 Å². The number of nitrogens with one attached hydrogen (secondary N) is 1. The summed E-state index contributed by atoms with van der Waals surface area (Å²) in [4.78, 5) is 0. The van der Waals surface area contributed by atoms with Gasteiger partial charge in [-0.25, -0.2) is 0 Å². The summed E-state index contributed by atoms with van der Waals surface area (Å²) in [6.07, 6.45) is -2.53. The molecule has 3 nitrogen and oxygen atoms in total. The number of hydrogen-bond acceptors (Lipinski definition) is 3. The van der Waals surface area contributed by atoms with Crippen molar-refractivity contribution < 1.29 is 22.6 Å². The van der Waals surface area contributed by atoms with Crippen molar-refractivity contribution in [1.29, 1.82) is 0 Å². The molecule has 0 aromatic rings. The maximum atomic E-state index is 12.0. The van der Waals surface area contributed by atoms with Crippen molar-refractivity contribution in [2.24, 2.45) is 5.41 Å². The lowest BCUT2D eigenvalue weighted by atomic mass is 9.83. The van der Waals surface area contributed by atoms with Gasteiger partial charge in [-0.15, -0.1) is 0 Å². The van der Waals surface area contributed by atoms with Gasteiger partial charge in [0, 0.05) is 18.6 Å². The third-order valence-electron chi connectivity index (χ3n) is 2.83. The van der Waals surface area contributed by atoms with Gasteiger partial charge < -0.3 is 14.8 Å². The first-order chi connectivity index (χ1) is 7.97. The lowest BCUT2D eigenvalue weighted by Crippen LogP contribution is -2.45. The van der Waals surface area contributed by atoms with Crippen molar-refractivity contribution in [2.75, 3.05) is 39.5 Å². The largest absolute Gasteiger partial charge is 0.411 e. The predicted octanol–water partition coefficient (Wildman–Crippen LogP) is 1.97. The second-order valence-corrected chi connectivity index (χ2v) is 4.54. The summed E-state index contributed by atoms with van der Waals surface area (Å²) in [5, 5.41) is 3.17. The highest BCUT2D eigenvalue weighted by Crippen LogP contribution is 2.29. The van der Waals surface area contributed by atoms with Crippen molar-refractivity contribution in [1.82, 2.24) is 5.32 Å². The van der Waals surface area contributed by atoms with Gasteiger partial charge in [0.25, 0.3) is 0 Å². The molecule has 0 saturated carbocycles. The molecule has 0 radical (unpaired) electrons. The average molecular weight is 255 g/mol. The summed E-state index contributed by atoms with van der Waals surface area (Å²) in [5.41, 5.74) is -0.306. The number of hydrogen-bond donors (Lipinski definition) is 1. The highest BCUT2D eigenvalue weighted by molar-refractivity contribution is 4.84. The van der Waals surface area contributed by atoms with Crippen molar-refractivity contribution >= 4 is 0 Å². The maximum Gasteiger partial charge on any atom is 0.411 e. The number of halogens is 3. The number of rotatable bonds is 6. The van der Waals surface area contributed by atoms with E-state index in [0.29, 0.717) is 19.8 Å². The van der Waals surface area contributed by atoms with E-state index in [1.54, 1.807) is 0 Å². The quantitative estimate of drug-likeness (QED) is 0.787. The first-order valence-corrected chi connectivity index (χ1v) is 5.90. The van der Waals surface area contributed by atoms with E-state index in [4.69, 9.17) is 9.47 Å². The van der Waals surface area contributed by atoms with Gasteiger partial charge in [-0.3, -0.25) is 0 Å². The number of ether oxygens (including phenoxy) is 2. The van der Waals surface area contributed by atoms with Gasteiger partial charge >= 0.3 is 6.18 Å². The van der Waals surface area contributed by atoms with Gasteiger partial charge in [0.2, 0.25) is 0 Å². The zero-order chi connectivity index (χ0) is 12.8. The highest BCUT2D eigenvalue weighted by Gasteiger charge is 2.35. The Morgan fingerprint density at radius 2 is 2.18 bits per heavy atom. The summed E-state index contributed by atoms with van der Waals surface area (Å²) in [7, 11) is 0. The predicted molar refractivity (Wildman–Crippen MR) is 57.9 cm³/mol. The molecule has 0 aromatic carbocycles. The maximum absolute atomic E-state index is 12.0. The van der Waals surface area contributed by atoms with Gasteiger partial charge in [0.1, 0.15) is 6.61 Å². The lowest BCUT2D eigenvalue weighted by Gasteiger charge is -2.37. The molecule has 1 heterocycles. The van der Waals surface area contributed by atoms with Crippen LogP contribution in [0.2, 0.25) is 0 Å². The van der Waals surface area contributed by atoms with E-state index in [1.165, 1.54) is 0 Å². The Morgan fingerprint density at radius 3 is 2.71 bits per heavy atom. The van der Waals surface area contributed by atoms with Crippen LogP contribution in [0.5, 0.6) is 0 Å². The second kappa shape index (κ2) is 6.56. The van der Waals surface area contributed by atoms with Crippen LogP contribution in [0.25, 0.3) is 0 Å². The van der Waals surface area contributed by atoms with Crippen molar-refractivity contribution in [3.63, 3.8) is 0 Å². The Bertz CT molecular complexity index is 215. The van der Waals surface area contributed by atoms with E-state index in [-0.39, 0.29) is 12.0 Å². The first kappa shape index (κ1) is 14.7. The Balaban J connectivity index is 2.40. The van der Waals surface area contributed by atoms with Crippen LogP contribution < -0.4 is 5.32 Å². The van der Waals surface area contributed by atoms with Gasteiger partial charge in [-0.05, 0) is 19.4 Å². The Morgan fingerprint density at radius 1 is 1.41 bits per heavy atom. The van der Waals surface area contributed by atoms with Gasteiger partial charge in [-0.1, -0.05) is 6.92 Å². The van der Waals surface area contributed by atoms with Gasteiger partial charge in [0.05, 0.1) is 13.2 Å². The normalized spacial score (nSPS) is 26.1. The molecule has 0 aromatic heterocycles. The molecule has 0 bridgehead atoms. The molecular weight excluding hydrogens is 235 g/mol. The monoisotopic (exact) mass is 255 g/mol. The Kier molecular flexibility index (Phi) is 5.69. The number of alkyl halides is 3. The molecule has 1 saturated heterocycles. The van der Waals surface area contributed by atoms with Crippen LogP contribution in [0.1, 0.15) is 19.8 Å². The topological polar surface area (TPSA) is 30.5 Å². The fraction of sp³-hybridized carbons (Fsp3) is 1.00. The van der Waals surface area contributed by atoms with Crippen LogP contribution in [0.3, 0.4) is 0 Å². The van der Waals surface area contributed by atoms with E-state index in [9.17, 15) is 13.2 Å².